The number of fused-ring (bicyclic) bond motifs is 4. The number of nitrogens with zero attached hydrogens (tertiary/aromatic N) is 2. The number of hydrogen-bond acceptors (Lipinski definition) is 10. The van der Waals surface area contributed by atoms with Gasteiger partial charge in [0.1, 0.15) is 5.58 Å². The summed E-state index contributed by atoms with van der Waals surface area (Å²) in [5.74, 6) is -1.38. The van der Waals surface area contributed by atoms with Gasteiger partial charge in [0.05, 0.1) is 45.4 Å². The second kappa shape index (κ2) is 11.2. The van der Waals surface area contributed by atoms with E-state index in [1.165, 1.54) is 42.3 Å². The van der Waals surface area contributed by atoms with Gasteiger partial charge >= 0.3 is 13.8 Å². The predicted octanol–water partition coefficient (Wildman–Crippen LogP) is 7.97. The van der Waals surface area contributed by atoms with Crippen LogP contribution < -0.4 is 9.42 Å². The average Bonchev–Trinajstić information content (AvgIpc) is 3.57. The summed E-state index contributed by atoms with van der Waals surface area (Å²) in [6.45, 7) is 11.8. The third-order valence-corrected chi connectivity index (χ3v) is 9.05. The number of aromatic amines is 1. The van der Waals surface area contributed by atoms with Gasteiger partial charge in [-0.2, -0.15) is 0 Å². The molecule has 3 heterocycles. The number of aromatic nitrogens is 1. The molecule has 45 heavy (non-hydrogen) atoms. The number of H-pyrrole nitrogens is 1. The van der Waals surface area contributed by atoms with Crippen LogP contribution in [0.2, 0.25) is 0 Å². The lowest BCUT2D eigenvalue weighted by Crippen LogP contribution is -2.29. The van der Waals surface area contributed by atoms with Crippen molar-refractivity contribution in [2.24, 2.45) is 0 Å². The van der Waals surface area contributed by atoms with Crippen molar-refractivity contribution in [2.45, 2.75) is 65.0 Å². The Morgan fingerprint density at radius 3 is 2.33 bits per heavy atom. The van der Waals surface area contributed by atoms with Gasteiger partial charge in [0, 0.05) is 46.8 Å². The number of hydrogen-bond donors (Lipinski definition) is 1. The number of rotatable bonds is 7. The first-order valence-corrected chi connectivity index (χ1v) is 15.8. The molecule has 5 rings (SSSR count). The molecule has 1 aliphatic heterocycles. The monoisotopic (exact) mass is 661 g/mol. The van der Waals surface area contributed by atoms with E-state index in [1.54, 1.807) is 48.5 Å². The van der Waals surface area contributed by atoms with Crippen LogP contribution in [-0.4, -0.2) is 46.6 Å². The fourth-order valence-corrected chi connectivity index (χ4v) is 7.42. The molecule has 2 aromatic heterocycles. The zero-order valence-electron chi connectivity index (χ0n) is 26.0. The van der Waals surface area contributed by atoms with Crippen LogP contribution in [0.5, 0.6) is 5.75 Å². The minimum absolute atomic E-state index is 0.0229. The van der Waals surface area contributed by atoms with Crippen LogP contribution in [0.1, 0.15) is 79.1 Å². The lowest BCUT2D eigenvalue weighted by molar-refractivity contribution is -0.384. The van der Waals surface area contributed by atoms with Crippen LogP contribution in [0.3, 0.4) is 0 Å². The van der Waals surface area contributed by atoms with Gasteiger partial charge in [0.15, 0.2) is 11.5 Å². The van der Waals surface area contributed by atoms with E-state index < -0.39 is 41.2 Å². The number of methoxy groups -OCH3 is 1. The van der Waals surface area contributed by atoms with Crippen LogP contribution in [-0.2, 0) is 18.3 Å². The molecule has 240 valence electrons. The largest absolute Gasteiger partial charge is 0.531 e. The first-order chi connectivity index (χ1) is 20.8. The van der Waals surface area contributed by atoms with Gasteiger partial charge < -0.3 is 23.6 Å². The second-order valence-electron chi connectivity index (χ2n) is 12.6. The van der Waals surface area contributed by atoms with Crippen LogP contribution in [0.4, 0.5) is 11.4 Å². The van der Waals surface area contributed by atoms with E-state index in [1.807, 2.05) is 0 Å². The zero-order chi connectivity index (χ0) is 33.2. The van der Waals surface area contributed by atoms with Gasteiger partial charge in [-0.25, -0.2) is 9.36 Å². The van der Waals surface area contributed by atoms with Gasteiger partial charge in [-0.15, -0.1) is 11.6 Å². The number of esters is 1. The number of carbonyl (C=O) groups is 2. The number of carbonyl (C=O) groups excluding carboxylic acids is 2. The standard InChI is InChI=1S/C30H33ClN3O10P/c1-15-23(28(36)40-8)25-24-18(31)14-33(27(35)22-12-16-11-17(34(37)38)9-10-20(16)41-22)19(24)13-21(26(25)32-15)42-45(39,43-29(2,3)4)44-30(5,6)7/h9-13,18,32H,14H2,1-8H3/t18-/m1/s1. The summed E-state index contributed by atoms with van der Waals surface area (Å²) in [5.41, 5.74) is -0.214. The number of benzene rings is 2. The van der Waals surface area contributed by atoms with Crippen molar-refractivity contribution in [3.8, 4) is 5.75 Å². The number of nitrogens with one attached hydrogen (secondary N) is 1. The summed E-state index contributed by atoms with van der Waals surface area (Å²) < 4.78 is 42.8. The fourth-order valence-electron chi connectivity index (χ4n) is 5.22. The number of halogens is 1. The van der Waals surface area contributed by atoms with E-state index in [-0.39, 0.29) is 46.1 Å². The van der Waals surface area contributed by atoms with Gasteiger partial charge in [-0.1, -0.05) is 0 Å². The number of ether oxygens (including phenoxy) is 1. The zero-order valence-corrected chi connectivity index (χ0v) is 27.6. The lowest BCUT2D eigenvalue weighted by Gasteiger charge is -2.31. The summed E-state index contributed by atoms with van der Waals surface area (Å²) in [6.07, 6.45) is 0. The number of non-ortho nitro benzene ring substituents is 1. The Labute approximate surface area is 263 Å². The summed E-state index contributed by atoms with van der Waals surface area (Å²) in [7, 11) is -3.11. The first-order valence-electron chi connectivity index (χ1n) is 13.9. The summed E-state index contributed by atoms with van der Waals surface area (Å²) >= 11 is 6.86. The third-order valence-electron chi connectivity index (χ3n) is 6.73. The van der Waals surface area contributed by atoms with E-state index >= 15 is 0 Å². The molecule has 0 saturated heterocycles. The van der Waals surface area contributed by atoms with Gasteiger partial charge in [-0.3, -0.25) is 24.0 Å². The Balaban J connectivity index is 1.70. The molecule has 0 radical (unpaired) electrons. The van der Waals surface area contributed by atoms with Crippen molar-refractivity contribution in [3.63, 3.8) is 0 Å². The first kappa shape index (κ1) is 32.5. The van der Waals surface area contributed by atoms with Gasteiger partial charge in [0.25, 0.3) is 11.6 Å². The van der Waals surface area contributed by atoms with Crippen molar-refractivity contribution in [1.29, 1.82) is 0 Å². The van der Waals surface area contributed by atoms with E-state index in [0.29, 0.717) is 22.0 Å². The predicted molar refractivity (Wildman–Crippen MR) is 167 cm³/mol. The Morgan fingerprint density at radius 2 is 1.76 bits per heavy atom. The topological polar surface area (TPSA) is 163 Å². The molecule has 15 heteroatoms. The number of alkyl halides is 1. The number of amides is 1. The number of furan rings is 1. The van der Waals surface area contributed by atoms with Crippen LogP contribution in [0.25, 0.3) is 21.9 Å². The maximum atomic E-state index is 14.2. The van der Waals surface area contributed by atoms with Crippen molar-refractivity contribution >= 4 is 64.5 Å². The quantitative estimate of drug-likeness (QED) is 0.0675. The Kier molecular flexibility index (Phi) is 8.06. The van der Waals surface area contributed by atoms with Crippen molar-refractivity contribution in [3.05, 3.63) is 63.0 Å². The number of anilines is 1. The number of aryl methyl sites for hydroxylation is 1. The molecule has 13 nitrogen and oxygen atoms in total. The fraction of sp³-hybridized carbons (Fsp3) is 0.400. The Bertz CT molecular complexity index is 1900. The highest BCUT2D eigenvalue weighted by Gasteiger charge is 2.42. The maximum absolute atomic E-state index is 14.2. The molecule has 0 fully saturated rings. The SMILES string of the molecule is COC(=O)c1c(C)[nH]c2c(OP(=O)(OC(C)(C)C)OC(C)(C)C)cc3c(c12)[C@H](Cl)CN3C(=O)c1cc2cc([N+](=O)[O-])ccc2o1. The minimum Gasteiger partial charge on any atom is -0.465 e. The van der Waals surface area contributed by atoms with Gasteiger partial charge in [0.2, 0.25) is 0 Å². The van der Waals surface area contributed by atoms with Crippen molar-refractivity contribution in [2.75, 3.05) is 18.6 Å². The summed E-state index contributed by atoms with van der Waals surface area (Å²) in [6, 6.07) is 6.88. The van der Waals surface area contributed by atoms with Crippen molar-refractivity contribution < 1.29 is 41.8 Å². The molecule has 2 aromatic carbocycles. The van der Waals surface area contributed by atoms with E-state index in [0.717, 1.165) is 0 Å². The molecule has 0 unspecified atom stereocenters. The molecule has 1 amide bonds. The highest BCUT2D eigenvalue weighted by atomic mass is 35.5. The number of phosphoric acid groups is 1. The molecule has 1 N–H and O–H groups in total. The molecule has 0 saturated carbocycles. The molecule has 0 spiro atoms. The number of nitro benzene ring substituents is 1. The second-order valence-corrected chi connectivity index (χ2v) is 14.6. The van der Waals surface area contributed by atoms with E-state index in [4.69, 9.17) is 34.3 Å². The smallest absolute Gasteiger partial charge is 0.465 e. The third kappa shape index (κ3) is 6.30. The van der Waals surface area contributed by atoms with Crippen molar-refractivity contribution in [1.82, 2.24) is 4.98 Å². The molecule has 0 aliphatic carbocycles. The van der Waals surface area contributed by atoms with E-state index in [9.17, 15) is 24.3 Å². The Hall–Kier alpha value is -3.90. The maximum Gasteiger partial charge on any atom is 0.531 e. The molecule has 1 aliphatic rings. The highest BCUT2D eigenvalue weighted by molar-refractivity contribution is 7.49. The summed E-state index contributed by atoms with van der Waals surface area (Å²) in [5, 5.41) is 11.2. The lowest BCUT2D eigenvalue weighted by atomic mass is 10.0. The van der Waals surface area contributed by atoms with E-state index in [2.05, 4.69) is 4.98 Å². The molecule has 0 bridgehead atoms. The Morgan fingerprint density at radius 1 is 1.11 bits per heavy atom. The molecule has 1 atom stereocenters. The molecule has 4 aromatic rings. The number of nitro groups is 1. The highest BCUT2D eigenvalue weighted by Crippen LogP contribution is 2.58. The average molecular weight is 662 g/mol. The minimum atomic E-state index is -4.35. The van der Waals surface area contributed by atoms with Gasteiger partial charge in [-0.05, 0) is 60.6 Å². The normalized spacial score (nSPS) is 15.5. The molecular formula is C30H33ClN3O10P. The molecular weight excluding hydrogens is 629 g/mol. The summed E-state index contributed by atoms with van der Waals surface area (Å²) in [4.78, 5) is 42.1. The van der Waals surface area contributed by atoms with Crippen LogP contribution in [0.15, 0.2) is 34.7 Å². The number of phosphoric ester groups is 1. The van der Waals surface area contributed by atoms with Crippen LogP contribution >= 0.6 is 19.4 Å². The van der Waals surface area contributed by atoms with Crippen LogP contribution in [0, 0.1) is 17.0 Å².